The van der Waals surface area contributed by atoms with E-state index in [9.17, 15) is 5.11 Å². The number of hydrogen-bond donors (Lipinski definition) is 2. The number of fused-ring (bicyclic) bond motifs is 2. The van der Waals surface area contributed by atoms with Crippen LogP contribution in [0.4, 0.5) is 0 Å². The van der Waals surface area contributed by atoms with Crippen LogP contribution in [0.5, 0.6) is 0 Å². The van der Waals surface area contributed by atoms with Gasteiger partial charge < -0.3 is 15.2 Å². The zero-order valence-electron chi connectivity index (χ0n) is 9.82. The predicted molar refractivity (Wildman–Crippen MR) is 61.4 cm³/mol. The molecule has 3 rings (SSSR count). The highest BCUT2D eigenvalue weighted by Gasteiger charge is 2.43. The first-order valence-corrected chi connectivity index (χ1v) is 6.52. The molecule has 0 aromatic heterocycles. The van der Waals surface area contributed by atoms with Crippen LogP contribution < -0.4 is 5.32 Å². The Morgan fingerprint density at radius 3 is 2.44 bits per heavy atom. The summed E-state index contributed by atoms with van der Waals surface area (Å²) in [6.07, 6.45) is 4.36. The molecule has 3 heterocycles. The lowest BCUT2D eigenvalue weighted by molar-refractivity contribution is -0.0565. The molecule has 3 fully saturated rings. The SMILES string of the molecule is OC1(CN2CCOCC2)CC2CCC(C1)N2. The third kappa shape index (κ3) is 2.25. The van der Waals surface area contributed by atoms with Gasteiger partial charge in [-0.15, -0.1) is 0 Å². The summed E-state index contributed by atoms with van der Waals surface area (Å²) in [6, 6.07) is 1.12. The minimum Gasteiger partial charge on any atom is -0.388 e. The molecule has 2 unspecified atom stereocenters. The molecule has 0 aliphatic carbocycles. The maximum absolute atomic E-state index is 10.7. The predicted octanol–water partition coefficient (Wildman–Crippen LogP) is -0.0359. The molecule has 3 aliphatic heterocycles. The molecule has 2 bridgehead atoms. The van der Waals surface area contributed by atoms with Gasteiger partial charge in [0, 0.05) is 31.7 Å². The Hall–Kier alpha value is -0.160. The van der Waals surface area contributed by atoms with Crippen LogP contribution >= 0.6 is 0 Å². The minimum atomic E-state index is -0.450. The third-order valence-corrected chi connectivity index (χ3v) is 4.21. The van der Waals surface area contributed by atoms with Crippen molar-refractivity contribution >= 4 is 0 Å². The van der Waals surface area contributed by atoms with E-state index in [1.807, 2.05) is 0 Å². The first-order chi connectivity index (χ1) is 7.73. The van der Waals surface area contributed by atoms with Crippen LogP contribution in [0, 0.1) is 0 Å². The summed E-state index contributed by atoms with van der Waals surface area (Å²) in [5.41, 5.74) is -0.450. The smallest absolute Gasteiger partial charge is 0.0803 e. The monoisotopic (exact) mass is 226 g/mol. The number of aliphatic hydroxyl groups is 1. The van der Waals surface area contributed by atoms with E-state index >= 15 is 0 Å². The van der Waals surface area contributed by atoms with Crippen molar-refractivity contribution in [1.29, 1.82) is 0 Å². The molecule has 92 valence electrons. The summed E-state index contributed by atoms with van der Waals surface area (Å²) in [4.78, 5) is 2.36. The van der Waals surface area contributed by atoms with Gasteiger partial charge in [-0.25, -0.2) is 0 Å². The standard InChI is InChI=1S/C12H22N2O2/c15-12(9-14-3-5-16-6-4-14)7-10-1-2-11(8-12)13-10/h10-11,13,15H,1-9H2. The van der Waals surface area contributed by atoms with Crippen LogP contribution in [-0.2, 0) is 4.74 Å². The molecule has 0 saturated carbocycles. The number of hydrogen-bond acceptors (Lipinski definition) is 4. The lowest BCUT2D eigenvalue weighted by atomic mass is 9.87. The minimum absolute atomic E-state index is 0.450. The normalized spacial score (nSPS) is 44.8. The van der Waals surface area contributed by atoms with Crippen LogP contribution in [-0.4, -0.2) is 60.5 Å². The van der Waals surface area contributed by atoms with Crippen LogP contribution in [0.3, 0.4) is 0 Å². The molecule has 0 aromatic rings. The van der Waals surface area contributed by atoms with Crippen molar-refractivity contribution in [3.63, 3.8) is 0 Å². The molecule has 2 N–H and O–H groups in total. The summed E-state index contributed by atoms with van der Waals surface area (Å²) in [5.74, 6) is 0. The molecule has 4 heteroatoms. The van der Waals surface area contributed by atoms with Crippen molar-refractivity contribution in [2.24, 2.45) is 0 Å². The number of nitrogens with one attached hydrogen (secondary N) is 1. The Morgan fingerprint density at radius 2 is 1.81 bits per heavy atom. The van der Waals surface area contributed by atoms with E-state index in [0.717, 1.165) is 45.7 Å². The van der Waals surface area contributed by atoms with Crippen molar-refractivity contribution in [1.82, 2.24) is 10.2 Å². The lowest BCUT2D eigenvalue weighted by Gasteiger charge is -2.41. The van der Waals surface area contributed by atoms with Gasteiger partial charge in [-0.2, -0.15) is 0 Å². The van der Waals surface area contributed by atoms with Crippen LogP contribution in [0.1, 0.15) is 25.7 Å². The van der Waals surface area contributed by atoms with E-state index < -0.39 is 5.60 Å². The maximum atomic E-state index is 10.7. The second kappa shape index (κ2) is 4.26. The van der Waals surface area contributed by atoms with Crippen molar-refractivity contribution < 1.29 is 9.84 Å². The van der Waals surface area contributed by atoms with Crippen molar-refractivity contribution in [3.05, 3.63) is 0 Å². The molecule has 3 saturated heterocycles. The summed E-state index contributed by atoms with van der Waals surface area (Å²) >= 11 is 0. The molecular weight excluding hydrogens is 204 g/mol. The Morgan fingerprint density at radius 1 is 1.19 bits per heavy atom. The number of nitrogens with zero attached hydrogens (tertiary/aromatic N) is 1. The average molecular weight is 226 g/mol. The van der Waals surface area contributed by atoms with Crippen molar-refractivity contribution in [3.8, 4) is 0 Å². The molecule has 4 nitrogen and oxygen atoms in total. The largest absolute Gasteiger partial charge is 0.388 e. The molecule has 3 aliphatic rings. The van der Waals surface area contributed by atoms with Gasteiger partial charge in [-0.1, -0.05) is 0 Å². The van der Waals surface area contributed by atoms with Gasteiger partial charge in [0.25, 0.3) is 0 Å². The molecule has 0 amide bonds. The fourth-order valence-corrected chi connectivity index (χ4v) is 3.53. The van der Waals surface area contributed by atoms with Gasteiger partial charge in [-0.05, 0) is 25.7 Å². The van der Waals surface area contributed by atoms with E-state index in [0.29, 0.717) is 12.1 Å². The highest BCUT2D eigenvalue weighted by Crippen LogP contribution is 2.34. The molecule has 0 spiro atoms. The molecule has 16 heavy (non-hydrogen) atoms. The number of morpholine rings is 1. The third-order valence-electron chi connectivity index (χ3n) is 4.21. The van der Waals surface area contributed by atoms with Crippen LogP contribution in [0.15, 0.2) is 0 Å². The maximum Gasteiger partial charge on any atom is 0.0803 e. The highest BCUT2D eigenvalue weighted by atomic mass is 16.5. The second-order valence-corrected chi connectivity index (χ2v) is 5.66. The zero-order valence-corrected chi connectivity index (χ0v) is 9.82. The van der Waals surface area contributed by atoms with Gasteiger partial charge in [0.15, 0.2) is 0 Å². The summed E-state index contributed by atoms with van der Waals surface area (Å²) in [5, 5.41) is 14.3. The first kappa shape index (κ1) is 11.0. The Balaban J connectivity index is 1.60. The Bertz CT molecular complexity index is 241. The van der Waals surface area contributed by atoms with Gasteiger partial charge in [0.1, 0.15) is 0 Å². The molecular formula is C12H22N2O2. The molecule has 0 radical (unpaired) electrons. The first-order valence-electron chi connectivity index (χ1n) is 6.52. The number of β-amino-alcohol motifs (C(OH)–C–C–N with tert-alkyl or cyclic N) is 1. The second-order valence-electron chi connectivity index (χ2n) is 5.66. The average Bonchev–Trinajstić information content (AvgIpc) is 2.59. The van der Waals surface area contributed by atoms with E-state index in [4.69, 9.17) is 4.74 Å². The molecule has 2 atom stereocenters. The van der Waals surface area contributed by atoms with E-state index in [2.05, 4.69) is 10.2 Å². The topological polar surface area (TPSA) is 44.7 Å². The van der Waals surface area contributed by atoms with Crippen molar-refractivity contribution in [2.75, 3.05) is 32.8 Å². The van der Waals surface area contributed by atoms with Gasteiger partial charge in [0.05, 0.1) is 18.8 Å². The summed E-state index contributed by atoms with van der Waals surface area (Å²) in [6.45, 7) is 4.43. The lowest BCUT2D eigenvalue weighted by Crippen LogP contribution is -2.55. The molecule has 0 aromatic carbocycles. The van der Waals surface area contributed by atoms with Gasteiger partial charge >= 0.3 is 0 Å². The van der Waals surface area contributed by atoms with Gasteiger partial charge in [0.2, 0.25) is 0 Å². The van der Waals surface area contributed by atoms with Crippen LogP contribution in [0.2, 0.25) is 0 Å². The fraction of sp³-hybridized carbons (Fsp3) is 1.00. The van der Waals surface area contributed by atoms with E-state index in [-0.39, 0.29) is 0 Å². The fourth-order valence-electron chi connectivity index (χ4n) is 3.53. The Labute approximate surface area is 97.0 Å². The summed E-state index contributed by atoms with van der Waals surface area (Å²) in [7, 11) is 0. The zero-order chi connectivity index (χ0) is 11.0. The number of ether oxygens (including phenoxy) is 1. The quantitative estimate of drug-likeness (QED) is 0.694. The summed E-state index contributed by atoms with van der Waals surface area (Å²) < 4.78 is 5.34. The highest BCUT2D eigenvalue weighted by molar-refractivity contribution is 5.01. The number of piperidine rings is 1. The number of rotatable bonds is 2. The van der Waals surface area contributed by atoms with Crippen LogP contribution in [0.25, 0.3) is 0 Å². The Kier molecular flexibility index (Phi) is 2.92. The van der Waals surface area contributed by atoms with Crippen molar-refractivity contribution in [2.45, 2.75) is 43.4 Å². The van der Waals surface area contributed by atoms with Gasteiger partial charge in [-0.3, -0.25) is 4.90 Å². The van der Waals surface area contributed by atoms with E-state index in [1.165, 1.54) is 12.8 Å². The van der Waals surface area contributed by atoms with E-state index in [1.54, 1.807) is 0 Å².